The van der Waals surface area contributed by atoms with E-state index in [9.17, 15) is 0 Å². The Balaban J connectivity index is 0.00000160. The van der Waals surface area contributed by atoms with Gasteiger partial charge in [-0.2, -0.15) is 0 Å². The number of hydrogen-bond donors (Lipinski definition) is 1. The first-order chi connectivity index (χ1) is 13.8. The first-order valence-electron chi connectivity index (χ1n) is 9.75. The van der Waals surface area contributed by atoms with Gasteiger partial charge >= 0.3 is 0 Å². The molecule has 0 amide bonds. The highest BCUT2D eigenvalue weighted by atomic mass is 35.5. The lowest BCUT2D eigenvalue weighted by molar-refractivity contribution is 0.119. The second-order valence-electron chi connectivity index (χ2n) is 7.23. The molecular weight excluding hydrogens is 435 g/mol. The maximum atomic E-state index is 6.55. The summed E-state index contributed by atoms with van der Waals surface area (Å²) in [6.45, 7) is 1.79. The van der Waals surface area contributed by atoms with E-state index in [1.54, 1.807) is 19.5 Å². The van der Waals surface area contributed by atoms with Gasteiger partial charge in [-0.25, -0.2) is 9.97 Å². The van der Waals surface area contributed by atoms with E-state index in [1.807, 2.05) is 18.2 Å². The van der Waals surface area contributed by atoms with Gasteiger partial charge in [0, 0.05) is 36.1 Å². The van der Waals surface area contributed by atoms with Crippen molar-refractivity contribution < 1.29 is 10.2 Å². The standard InChI is InChI=1S/C23H26N4O.2ClH.H2O/c1-28-21-11-10-18(23-25-12-6-13-26-23)15-19(21)16-27-14-5-9-20(24)22(27)17-7-3-2-4-8-17;;;/h2-4,6-8,10-13,15,20,22H,5,9,14,16,24H2,1H3;2*1H;1H2/t20-,22-;;;/m0.../s1. The molecule has 1 aliphatic heterocycles. The number of piperidine rings is 1. The van der Waals surface area contributed by atoms with Crippen LogP contribution in [0.15, 0.2) is 67.0 Å². The molecule has 0 saturated carbocycles. The molecule has 31 heavy (non-hydrogen) atoms. The summed E-state index contributed by atoms with van der Waals surface area (Å²) in [7, 11) is 1.72. The Hall–Kier alpha value is -2.22. The highest BCUT2D eigenvalue weighted by Gasteiger charge is 2.30. The van der Waals surface area contributed by atoms with Crippen LogP contribution < -0.4 is 10.5 Å². The summed E-state index contributed by atoms with van der Waals surface area (Å²) in [6, 6.07) is 18.9. The fourth-order valence-electron chi connectivity index (χ4n) is 4.09. The molecule has 2 atom stereocenters. The summed E-state index contributed by atoms with van der Waals surface area (Å²) in [4.78, 5) is 11.2. The predicted molar refractivity (Wildman–Crippen MR) is 129 cm³/mol. The Labute approximate surface area is 196 Å². The van der Waals surface area contributed by atoms with Crippen LogP contribution in [0.1, 0.15) is 30.0 Å². The van der Waals surface area contributed by atoms with Gasteiger partial charge in [0.25, 0.3) is 0 Å². The van der Waals surface area contributed by atoms with E-state index < -0.39 is 0 Å². The molecule has 168 valence electrons. The van der Waals surface area contributed by atoms with E-state index in [2.05, 4.69) is 51.3 Å². The summed E-state index contributed by atoms with van der Waals surface area (Å²) in [5.74, 6) is 1.60. The van der Waals surface area contributed by atoms with E-state index >= 15 is 0 Å². The molecule has 2 heterocycles. The van der Waals surface area contributed by atoms with Crippen molar-refractivity contribution in [2.75, 3.05) is 13.7 Å². The van der Waals surface area contributed by atoms with Crippen LogP contribution in [0.5, 0.6) is 5.75 Å². The molecule has 8 heteroatoms. The maximum Gasteiger partial charge on any atom is 0.159 e. The number of ether oxygens (including phenoxy) is 1. The summed E-state index contributed by atoms with van der Waals surface area (Å²) in [5.41, 5.74) is 9.95. The zero-order chi connectivity index (χ0) is 19.3. The molecule has 4 rings (SSSR count). The van der Waals surface area contributed by atoms with Crippen LogP contribution in [-0.4, -0.2) is 40.0 Å². The Bertz CT molecular complexity index is 916. The van der Waals surface area contributed by atoms with Crippen LogP contribution in [0.25, 0.3) is 11.4 Å². The van der Waals surface area contributed by atoms with E-state index in [1.165, 1.54) is 5.56 Å². The average molecular weight is 465 g/mol. The number of nitrogens with zero attached hydrogens (tertiary/aromatic N) is 3. The van der Waals surface area contributed by atoms with Crippen molar-refractivity contribution in [3.8, 4) is 17.1 Å². The van der Waals surface area contributed by atoms with Gasteiger partial charge in [-0.05, 0) is 49.2 Å². The van der Waals surface area contributed by atoms with Gasteiger partial charge in [-0.15, -0.1) is 24.8 Å². The first-order valence-corrected chi connectivity index (χ1v) is 9.75. The third-order valence-electron chi connectivity index (χ3n) is 5.40. The number of rotatable bonds is 5. The monoisotopic (exact) mass is 464 g/mol. The summed E-state index contributed by atoms with van der Waals surface area (Å²) in [6.07, 6.45) is 5.68. The van der Waals surface area contributed by atoms with Crippen LogP contribution in [0, 0.1) is 0 Å². The van der Waals surface area contributed by atoms with Crippen LogP contribution >= 0.6 is 24.8 Å². The third-order valence-corrected chi connectivity index (χ3v) is 5.40. The number of methoxy groups -OCH3 is 1. The van der Waals surface area contributed by atoms with E-state index in [4.69, 9.17) is 10.5 Å². The smallest absolute Gasteiger partial charge is 0.159 e. The number of nitrogens with two attached hydrogens (primary N) is 1. The van der Waals surface area contributed by atoms with Gasteiger partial charge in [-0.3, -0.25) is 4.90 Å². The fraction of sp³-hybridized carbons (Fsp3) is 0.304. The summed E-state index contributed by atoms with van der Waals surface area (Å²) < 4.78 is 5.65. The van der Waals surface area contributed by atoms with Gasteiger partial charge in [0.2, 0.25) is 0 Å². The fourth-order valence-corrected chi connectivity index (χ4v) is 4.09. The largest absolute Gasteiger partial charge is 0.496 e. The number of halogens is 2. The first kappa shape index (κ1) is 26.8. The lowest BCUT2D eigenvalue weighted by atomic mass is 9.90. The summed E-state index contributed by atoms with van der Waals surface area (Å²) >= 11 is 0. The minimum absolute atomic E-state index is 0. The molecule has 1 aliphatic rings. The quantitative estimate of drug-likeness (QED) is 0.618. The van der Waals surface area contributed by atoms with Crippen molar-refractivity contribution in [3.05, 3.63) is 78.1 Å². The van der Waals surface area contributed by atoms with E-state index in [0.29, 0.717) is 0 Å². The number of hydrogen-bond acceptors (Lipinski definition) is 5. The maximum absolute atomic E-state index is 6.55. The molecular formula is C23H30Cl2N4O2. The molecule has 1 fully saturated rings. The van der Waals surface area contributed by atoms with Crippen LogP contribution in [-0.2, 0) is 6.54 Å². The molecule has 0 aliphatic carbocycles. The molecule has 2 aromatic carbocycles. The second-order valence-corrected chi connectivity index (χ2v) is 7.23. The second kappa shape index (κ2) is 12.6. The molecule has 0 spiro atoms. The van der Waals surface area contributed by atoms with Gasteiger partial charge in [0.15, 0.2) is 5.82 Å². The normalized spacial score (nSPS) is 18.1. The minimum Gasteiger partial charge on any atom is -0.496 e. The molecule has 0 bridgehead atoms. The minimum atomic E-state index is 0. The van der Waals surface area contributed by atoms with E-state index in [0.717, 1.165) is 48.6 Å². The van der Waals surface area contributed by atoms with Gasteiger partial charge in [0.1, 0.15) is 5.75 Å². The molecule has 1 saturated heterocycles. The van der Waals surface area contributed by atoms with Crippen molar-refractivity contribution in [2.24, 2.45) is 5.73 Å². The summed E-state index contributed by atoms with van der Waals surface area (Å²) in [5, 5.41) is 0. The number of likely N-dealkylation sites (tertiary alicyclic amines) is 1. The van der Waals surface area contributed by atoms with Gasteiger partial charge < -0.3 is 15.9 Å². The number of benzene rings is 2. The molecule has 1 aromatic heterocycles. The van der Waals surface area contributed by atoms with Crippen molar-refractivity contribution >= 4 is 24.8 Å². The SMILES string of the molecule is COc1ccc(-c2ncccn2)cc1CN1CCC[C@H](N)[C@@H]1c1ccccc1.Cl.Cl.O. The third kappa shape index (κ3) is 6.15. The van der Waals surface area contributed by atoms with Crippen molar-refractivity contribution in [3.63, 3.8) is 0 Å². The van der Waals surface area contributed by atoms with Gasteiger partial charge in [-0.1, -0.05) is 30.3 Å². The topological polar surface area (TPSA) is 95.8 Å². The van der Waals surface area contributed by atoms with Crippen LogP contribution in [0.3, 0.4) is 0 Å². The highest BCUT2D eigenvalue weighted by molar-refractivity contribution is 5.85. The van der Waals surface area contributed by atoms with Crippen molar-refractivity contribution in [1.29, 1.82) is 0 Å². The van der Waals surface area contributed by atoms with E-state index in [-0.39, 0.29) is 42.4 Å². The zero-order valence-electron chi connectivity index (χ0n) is 17.5. The van der Waals surface area contributed by atoms with Crippen molar-refractivity contribution in [1.82, 2.24) is 14.9 Å². The molecule has 3 aromatic rings. The van der Waals surface area contributed by atoms with Crippen LogP contribution in [0.4, 0.5) is 0 Å². The zero-order valence-corrected chi connectivity index (χ0v) is 19.1. The molecule has 6 nitrogen and oxygen atoms in total. The highest BCUT2D eigenvalue weighted by Crippen LogP contribution is 2.34. The molecule has 0 radical (unpaired) electrons. The lowest BCUT2D eigenvalue weighted by Crippen LogP contribution is -2.45. The number of aromatic nitrogens is 2. The Kier molecular flexibility index (Phi) is 10.9. The average Bonchev–Trinajstić information content (AvgIpc) is 2.75. The Morgan fingerprint density at radius 2 is 1.74 bits per heavy atom. The Morgan fingerprint density at radius 3 is 2.42 bits per heavy atom. The predicted octanol–water partition coefficient (Wildman–Crippen LogP) is 3.84. The van der Waals surface area contributed by atoms with Crippen LogP contribution in [0.2, 0.25) is 0 Å². The lowest BCUT2D eigenvalue weighted by Gasteiger charge is -2.40. The molecule has 0 unspecified atom stereocenters. The molecule has 4 N–H and O–H groups in total. The Morgan fingerprint density at radius 1 is 1.03 bits per heavy atom. The van der Waals surface area contributed by atoms with Gasteiger partial charge in [0.05, 0.1) is 13.2 Å². The van der Waals surface area contributed by atoms with Crippen molar-refractivity contribution in [2.45, 2.75) is 31.5 Å².